The van der Waals surface area contributed by atoms with E-state index in [1.165, 1.54) is 4.90 Å². The lowest BCUT2D eigenvalue weighted by Crippen LogP contribution is -2.35. The first-order chi connectivity index (χ1) is 7.59. The Morgan fingerprint density at radius 1 is 1.19 bits per heavy atom. The summed E-state index contributed by atoms with van der Waals surface area (Å²) in [5, 5.41) is 9.05. The molecule has 0 saturated carbocycles. The van der Waals surface area contributed by atoms with Crippen LogP contribution in [0.25, 0.3) is 0 Å². The molecule has 1 aromatic rings. The summed E-state index contributed by atoms with van der Waals surface area (Å²) in [7, 11) is 3.87. The van der Waals surface area contributed by atoms with Crippen molar-refractivity contribution in [1.29, 1.82) is 0 Å². The summed E-state index contributed by atoms with van der Waals surface area (Å²) in [4.78, 5) is 14.4. The smallest absolute Gasteiger partial charge is 0.407 e. The second-order valence-electron chi connectivity index (χ2n) is 3.99. The average Bonchev–Trinajstić information content (AvgIpc) is 2.25. The normalized spacial score (nSPS) is 10.4. The van der Waals surface area contributed by atoms with E-state index in [9.17, 15) is 4.79 Å². The third-order valence-corrected chi connectivity index (χ3v) is 2.30. The van der Waals surface area contributed by atoms with Gasteiger partial charge in [0.2, 0.25) is 0 Å². The van der Waals surface area contributed by atoms with E-state index in [1.54, 1.807) is 0 Å². The van der Waals surface area contributed by atoms with Crippen LogP contribution >= 0.6 is 0 Å². The summed E-state index contributed by atoms with van der Waals surface area (Å²) >= 11 is 0. The fourth-order valence-corrected chi connectivity index (χ4v) is 1.37. The number of rotatable bonds is 5. The molecule has 0 unspecified atom stereocenters. The highest BCUT2D eigenvalue weighted by atomic mass is 16.4. The zero-order valence-electron chi connectivity index (χ0n) is 9.76. The number of hydrogen-bond acceptors (Lipinski definition) is 2. The van der Waals surface area contributed by atoms with Gasteiger partial charge in [-0.2, -0.15) is 0 Å². The molecular weight excluding hydrogens is 204 g/mol. The van der Waals surface area contributed by atoms with E-state index in [0.29, 0.717) is 13.1 Å². The van der Waals surface area contributed by atoms with Gasteiger partial charge in [0.25, 0.3) is 0 Å². The van der Waals surface area contributed by atoms with Gasteiger partial charge in [-0.05, 0) is 19.7 Å². The van der Waals surface area contributed by atoms with Crippen LogP contribution in [0.5, 0.6) is 0 Å². The highest BCUT2D eigenvalue weighted by molar-refractivity contribution is 5.65. The molecule has 0 aromatic heterocycles. The summed E-state index contributed by atoms with van der Waals surface area (Å²) in [5.41, 5.74) is 1.02. The molecule has 4 nitrogen and oxygen atoms in total. The first-order valence-corrected chi connectivity index (χ1v) is 5.26. The molecule has 0 aliphatic rings. The molecular formula is C12H18N2O2. The third-order valence-electron chi connectivity index (χ3n) is 2.30. The second kappa shape index (κ2) is 6.12. The van der Waals surface area contributed by atoms with Gasteiger partial charge in [-0.3, -0.25) is 0 Å². The Bertz CT molecular complexity index is 325. The summed E-state index contributed by atoms with van der Waals surface area (Å²) < 4.78 is 0. The molecule has 1 N–H and O–H groups in total. The molecule has 0 aliphatic heterocycles. The maximum Gasteiger partial charge on any atom is 0.407 e. The van der Waals surface area contributed by atoms with Gasteiger partial charge in [-0.15, -0.1) is 0 Å². The van der Waals surface area contributed by atoms with E-state index in [0.717, 1.165) is 12.1 Å². The van der Waals surface area contributed by atoms with E-state index in [4.69, 9.17) is 5.11 Å². The molecule has 0 heterocycles. The molecule has 0 saturated heterocycles. The molecule has 0 bridgehead atoms. The molecule has 88 valence electrons. The number of carboxylic acid groups (broad SMARTS) is 1. The molecule has 1 amide bonds. The molecule has 0 radical (unpaired) electrons. The highest BCUT2D eigenvalue weighted by Gasteiger charge is 2.11. The van der Waals surface area contributed by atoms with Gasteiger partial charge >= 0.3 is 6.09 Å². The summed E-state index contributed by atoms with van der Waals surface area (Å²) in [6.07, 6.45) is -0.870. The molecule has 0 fully saturated rings. The topological polar surface area (TPSA) is 43.8 Å². The Morgan fingerprint density at radius 2 is 1.81 bits per heavy atom. The van der Waals surface area contributed by atoms with Gasteiger partial charge in [0.05, 0.1) is 0 Å². The Labute approximate surface area is 96.1 Å². The number of hydrogen-bond donors (Lipinski definition) is 1. The minimum absolute atomic E-state index is 0.448. The maximum atomic E-state index is 11.0. The summed E-state index contributed by atoms with van der Waals surface area (Å²) in [6, 6.07) is 9.63. The van der Waals surface area contributed by atoms with Crippen molar-refractivity contribution in [2.45, 2.75) is 6.54 Å². The Kier molecular flexibility index (Phi) is 4.79. The molecule has 16 heavy (non-hydrogen) atoms. The largest absolute Gasteiger partial charge is 0.465 e. The number of benzene rings is 1. The fraction of sp³-hybridized carbons (Fsp3) is 0.417. The third kappa shape index (κ3) is 4.31. The van der Waals surface area contributed by atoms with Crippen LogP contribution in [0.1, 0.15) is 5.56 Å². The van der Waals surface area contributed by atoms with E-state index in [2.05, 4.69) is 0 Å². The predicted octanol–water partition coefficient (Wildman–Crippen LogP) is 1.73. The standard InChI is InChI=1S/C12H18N2O2/c1-13(2)8-9-14(12(15)16)10-11-6-4-3-5-7-11/h3-7H,8-10H2,1-2H3,(H,15,16). The van der Waals surface area contributed by atoms with E-state index in [1.807, 2.05) is 49.3 Å². The number of carbonyl (C=O) groups is 1. The van der Waals surface area contributed by atoms with Crippen LogP contribution in [0.3, 0.4) is 0 Å². The zero-order chi connectivity index (χ0) is 12.0. The van der Waals surface area contributed by atoms with Gasteiger partial charge in [0.15, 0.2) is 0 Å². The van der Waals surface area contributed by atoms with Crippen LogP contribution in [0, 0.1) is 0 Å². The Balaban J connectivity index is 2.55. The lowest BCUT2D eigenvalue weighted by atomic mass is 10.2. The molecule has 4 heteroatoms. The van der Waals surface area contributed by atoms with Crippen LogP contribution in [-0.2, 0) is 6.54 Å². The van der Waals surface area contributed by atoms with Crippen LogP contribution < -0.4 is 0 Å². The zero-order valence-corrected chi connectivity index (χ0v) is 9.76. The Morgan fingerprint density at radius 3 is 2.31 bits per heavy atom. The van der Waals surface area contributed by atoms with Crippen molar-refractivity contribution in [3.05, 3.63) is 35.9 Å². The number of amides is 1. The van der Waals surface area contributed by atoms with Crippen molar-refractivity contribution < 1.29 is 9.90 Å². The van der Waals surface area contributed by atoms with Crippen LogP contribution in [0.2, 0.25) is 0 Å². The monoisotopic (exact) mass is 222 g/mol. The van der Waals surface area contributed by atoms with Crippen molar-refractivity contribution in [3.63, 3.8) is 0 Å². The fourth-order valence-electron chi connectivity index (χ4n) is 1.37. The first kappa shape index (κ1) is 12.5. The molecule has 1 rings (SSSR count). The van der Waals surface area contributed by atoms with E-state index >= 15 is 0 Å². The van der Waals surface area contributed by atoms with Gasteiger partial charge in [0, 0.05) is 19.6 Å². The maximum absolute atomic E-state index is 11.0. The minimum atomic E-state index is -0.870. The van der Waals surface area contributed by atoms with Gasteiger partial charge < -0.3 is 14.9 Å². The van der Waals surface area contributed by atoms with Crippen molar-refractivity contribution in [3.8, 4) is 0 Å². The number of nitrogens with zero attached hydrogens (tertiary/aromatic N) is 2. The highest BCUT2D eigenvalue weighted by Crippen LogP contribution is 2.04. The average molecular weight is 222 g/mol. The van der Waals surface area contributed by atoms with Gasteiger partial charge in [0.1, 0.15) is 0 Å². The SMILES string of the molecule is CN(C)CCN(Cc1ccccc1)C(=O)O. The quantitative estimate of drug-likeness (QED) is 0.825. The molecule has 0 atom stereocenters. The minimum Gasteiger partial charge on any atom is -0.465 e. The lowest BCUT2D eigenvalue weighted by molar-refractivity contribution is 0.138. The van der Waals surface area contributed by atoms with Crippen LogP contribution in [-0.4, -0.2) is 48.2 Å². The van der Waals surface area contributed by atoms with E-state index < -0.39 is 6.09 Å². The van der Waals surface area contributed by atoms with Crippen LogP contribution in [0.15, 0.2) is 30.3 Å². The van der Waals surface area contributed by atoms with E-state index in [-0.39, 0.29) is 0 Å². The summed E-state index contributed by atoms with van der Waals surface area (Å²) in [6.45, 7) is 1.71. The van der Waals surface area contributed by atoms with Crippen molar-refractivity contribution in [1.82, 2.24) is 9.80 Å². The van der Waals surface area contributed by atoms with Crippen molar-refractivity contribution >= 4 is 6.09 Å². The molecule has 0 aliphatic carbocycles. The van der Waals surface area contributed by atoms with Crippen LogP contribution in [0.4, 0.5) is 4.79 Å². The summed E-state index contributed by atoms with van der Waals surface area (Å²) in [5.74, 6) is 0. The Hall–Kier alpha value is -1.55. The lowest BCUT2D eigenvalue weighted by Gasteiger charge is -2.21. The number of likely N-dealkylation sites (N-methyl/N-ethyl adjacent to an activating group) is 1. The van der Waals surface area contributed by atoms with Gasteiger partial charge in [-0.1, -0.05) is 30.3 Å². The molecule has 0 spiro atoms. The van der Waals surface area contributed by atoms with Crippen molar-refractivity contribution in [2.75, 3.05) is 27.2 Å². The molecule has 1 aromatic carbocycles. The second-order valence-corrected chi connectivity index (χ2v) is 3.99. The van der Waals surface area contributed by atoms with Gasteiger partial charge in [-0.25, -0.2) is 4.79 Å². The first-order valence-electron chi connectivity index (χ1n) is 5.26. The van der Waals surface area contributed by atoms with Crippen molar-refractivity contribution in [2.24, 2.45) is 0 Å². The predicted molar refractivity (Wildman–Crippen MR) is 63.4 cm³/mol.